The van der Waals surface area contributed by atoms with Crippen LogP contribution in [0, 0.1) is 6.42 Å². The Kier molecular flexibility index (Phi) is 6.91. The molecule has 0 N–H and O–H groups in total. The summed E-state index contributed by atoms with van der Waals surface area (Å²) in [6.07, 6.45) is 8.49. The zero-order valence-electron chi connectivity index (χ0n) is 17.7. The largest absolute Gasteiger partial charge is 0.312 e. The fraction of sp³-hybridized carbons (Fsp3) is 0.417. The van der Waals surface area contributed by atoms with E-state index in [1.165, 1.54) is 29.1 Å². The fourth-order valence-electron chi connectivity index (χ4n) is 5.35. The van der Waals surface area contributed by atoms with Gasteiger partial charge in [0.2, 0.25) is 10.0 Å². The number of nitrogens with zero attached hydrogens (tertiary/aromatic N) is 2. The van der Waals surface area contributed by atoms with E-state index in [9.17, 15) is 13.2 Å². The molecule has 2 aliphatic heterocycles. The maximum Gasteiger partial charge on any atom is 0.258 e. The Bertz CT molecular complexity index is 1130. The average molecular weight is 558 g/mol. The summed E-state index contributed by atoms with van der Waals surface area (Å²) in [7, 11) is -3.59. The van der Waals surface area contributed by atoms with Crippen LogP contribution in [0.1, 0.15) is 54.4 Å². The van der Waals surface area contributed by atoms with Crippen molar-refractivity contribution >= 4 is 37.5 Å². The molecule has 172 valence electrons. The number of sulfonamides is 1. The Balaban J connectivity index is 0.00000245. The molecule has 0 bridgehead atoms. The number of carbonyl (C=O) groups excluding carboxylic acids is 1. The maximum atomic E-state index is 13.6. The second-order valence-corrected chi connectivity index (χ2v) is 11.7. The zero-order valence-corrected chi connectivity index (χ0v) is 21.2. The molecule has 8 heteroatoms. The normalized spacial score (nSPS) is 20.2. The zero-order chi connectivity index (χ0) is 21.6. The van der Waals surface area contributed by atoms with Crippen molar-refractivity contribution in [2.45, 2.75) is 48.8 Å². The third-order valence-corrected chi connectivity index (χ3v) is 9.33. The van der Waals surface area contributed by atoms with Gasteiger partial charge in [0.05, 0.1) is 4.90 Å². The minimum absolute atomic E-state index is 0. The molecule has 2 aromatic carbocycles. The van der Waals surface area contributed by atoms with Gasteiger partial charge in [-0.15, -0.1) is 6.54 Å². The van der Waals surface area contributed by atoms with Crippen LogP contribution in [0.15, 0.2) is 51.8 Å². The Hall–Kier alpha value is -1.18. The van der Waals surface area contributed by atoms with E-state index in [2.05, 4.69) is 22.0 Å². The van der Waals surface area contributed by atoms with Crippen molar-refractivity contribution in [3.8, 4) is 0 Å². The third kappa shape index (κ3) is 4.09. The first-order valence-electron chi connectivity index (χ1n) is 10.9. The van der Waals surface area contributed by atoms with Gasteiger partial charge >= 0.3 is 0 Å². The predicted octanol–water partition coefficient (Wildman–Crippen LogP) is 4.91. The van der Waals surface area contributed by atoms with Gasteiger partial charge in [0, 0.05) is 44.8 Å². The van der Waals surface area contributed by atoms with Crippen LogP contribution in [0.5, 0.6) is 0 Å². The Morgan fingerprint density at radius 3 is 2.56 bits per heavy atom. The van der Waals surface area contributed by atoms with E-state index in [0.717, 1.165) is 29.4 Å². The van der Waals surface area contributed by atoms with Gasteiger partial charge in [0.25, 0.3) is 5.91 Å². The molecule has 2 fully saturated rings. The first-order valence-corrected chi connectivity index (χ1v) is 13.2. The summed E-state index contributed by atoms with van der Waals surface area (Å²) < 4.78 is 28.5. The van der Waals surface area contributed by atoms with Crippen LogP contribution in [0.25, 0.3) is 0 Å². The van der Waals surface area contributed by atoms with Gasteiger partial charge in [0.15, 0.2) is 0 Å². The topological polar surface area (TPSA) is 57.7 Å². The monoisotopic (exact) mass is 557 g/mol. The van der Waals surface area contributed by atoms with E-state index in [4.69, 9.17) is 0 Å². The summed E-state index contributed by atoms with van der Waals surface area (Å²) in [5.41, 5.74) is 2.62. The molecule has 3 aliphatic rings. The number of carbonyl (C=O) groups is 1. The van der Waals surface area contributed by atoms with Gasteiger partial charge in [-0.05, 0) is 61.3 Å². The van der Waals surface area contributed by atoms with Crippen molar-refractivity contribution in [2.24, 2.45) is 0 Å². The minimum atomic E-state index is -3.59. The summed E-state index contributed by atoms with van der Waals surface area (Å²) in [4.78, 5) is 15.7. The first kappa shape index (κ1) is 24.0. The fourth-order valence-corrected chi connectivity index (χ4v) is 7.19. The van der Waals surface area contributed by atoms with Gasteiger partial charge in [-0.1, -0.05) is 41.3 Å². The third-order valence-electron chi connectivity index (χ3n) is 6.97. The van der Waals surface area contributed by atoms with Crippen LogP contribution in [0.3, 0.4) is 0 Å². The SMILES string of the molecule is O=C(c1cccc(S(=O)(=O)N2C[CH-]CC2)c1)N1CC2(CCCCC2)c2cc(Br)ccc21.[Fe]. The number of halogens is 1. The number of anilines is 1. The number of rotatable bonds is 3. The molecular formula is C24H26BrFeN2O3S-. The van der Waals surface area contributed by atoms with Gasteiger partial charge in [-0.3, -0.25) is 4.79 Å². The van der Waals surface area contributed by atoms with Crippen LogP contribution >= 0.6 is 15.9 Å². The molecule has 2 aromatic rings. The van der Waals surface area contributed by atoms with E-state index >= 15 is 0 Å². The minimum Gasteiger partial charge on any atom is -0.312 e. The molecule has 0 aromatic heterocycles. The van der Waals surface area contributed by atoms with Gasteiger partial charge in [0.1, 0.15) is 0 Å². The molecule has 2 heterocycles. The van der Waals surface area contributed by atoms with Gasteiger partial charge < -0.3 is 11.3 Å². The van der Waals surface area contributed by atoms with Crippen molar-refractivity contribution in [3.05, 3.63) is 64.5 Å². The average Bonchev–Trinajstić information content (AvgIpc) is 3.42. The predicted molar refractivity (Wildman–Crippen MR) is 125 cm³/mol. The van der Waals surface area contributed by atoms with E-state index in [1.807, 2.05) is 23.5 Å². The van der Waals surface area contributed by atoms with Crippen molar-refractivity contribution in [3.63, 3.8) is 0 Å². The molecule has 0 radical (unpaired) electrons. The molecule has 5 nitrogen and oxygen atoms in total. The van der Waals surface area contributed by atoms with Crippen molar-refractivity contribution in [1.29, 1.82) is 0 Å². The Morgan fingerprint density at radius 2 is 1.84 bits per heavy atom. The number of hydrogen-bond acceptors (Lipinski definition) is 3. The van der Waals surface area contributed by atoms with E-state index in [1.54, 1.807) is 24.3 Å². The number of amides is 1. The smallest absolute Gasteiger partial charge is 0.258 e. The van der Waals surface area contributed by atoms with Crippen LogP contribution < -0.4 is 4.90 Å². The maximum absolute atomic E-state index is 13.6. The van der Waals surface area contributed by atoms with E-state index in [0.29, 0.717) is 25.2 Å². The molecule has 1 aliphatic carbocycles. The molecular weight excluding hydrogens is 532 g/mol. The van der Waals surface area contributed by atoms with Crippen molar-refractivity contribution < 1.29 is 30.3 Å². The molecule has 0 unspecified atom stereocenters. The molecule has 0 atom stereocenters. The number of fused-ring (bicyclic) bond motifs is 2. The van der Waals surface area contributed by atoms with E-state index in [-0.39, 0.29) is 33.3 Å². The molecule has 1 amide bonds. The van der Waals surface area contributed by atoms with Crippen LogP contribution in [0.2, 0.25) is 0 Å². The Labute approximate surface area is 209 Å². The molecule has 32 heavy (non-hydrogen) atoms. The van der Waals surface area contributed by atoms with Crippen molar-refractivity contribution in [2.75, 3.05) is 24.5 Å². The second kappa shape index (κ2) is 9.22. The summed E-state index contributed by atoms with van der Waals surface area (Å²) >= 11 is 3.60. The first-order chi connectivity index (χ1) is 14.9. The standard InChI is InChI=1S/C24H26BrN2O3S.Fe/c25-19-9-10-22-21(16-19)24(11-2-1-3-12-24)17-27(22)23(28)18-7-6-8-20(15-18)31(29,30)26-13-4-5-14-26;/h4,6-10,15-16H,1-3,5,11-14,17H2;/q-1;. The number of benzene rings is 2. The molecule has 5 rings (SSSR count). The van der Waals surface area contributed by atoms with Crippen molar-refractivity contribution in [1.82, 2.24) is 4.31 Å². The summed E-state index contributed by atoms with van der Waals surface area (Å²) in [5.74, 6) is -0.129. The second-order valence-electron chi connectivity index (χ2n) is 8.86. The van der Waals surface area contributed by atoms with Crippen LogP contribution in [-0.4, -0.2) is 38.3 Å². The van der Waals surface area contributed by atoms with Crippen LogP contribution in [-0.2, 0) is 32.5 Å². The summed E-state index contributed by atoms with van der Waals surface area (Å²) in [5, 5.41) is 0. The Morgan fingerprint density at radius 1 is 1.06 bits per heavy atom. The van der Waals surface area contributed by atoms with E-state index < -0.39 is 10.0 Å². The molecule has 1 saturated heterocycles. The quantitative estimate of drug-likeness (QED) is 0.398. The van der Waals surface area contributed by atoms with Gasteiger partial charge in [-0.2, -0.15) is 6.42 Å². The van der Waals surface area contributed by atoms with Gasteiger partial charge in [-0.25, -0.2) is 12.7 Å². The molecule has 1 saturated carbocycles. The van der Waals surface area contributed by atoms with Crippen LogP contribution in [0.4, 0.5) is 5.69 Å². The summed E-state index contributed by atoms with van der Waals surface area (Å²) in [6.45, 7) is 1.59. The summed E-state index contributed by atoms with van der Waals surface area (Å²) in [6, 6.07) is 12.7. The molecule has 1 spiro atoms. The number of hydrogen-bond donors (Lipinski definition) is 0.